The maximum atomic E-state index is 13.7. The fourth-order valence-corrected chi connectivity index (χ4v) is 8.04. The van der Waals surface area contributed by atoms with Gasteiger partial charge in [0.15, 0.2) is 19.8 Å². The molecule has 15 heteroatoms. The first-order valence-corrected chi connectivity index (χ1v) is 24.8. The normalized spacial score (nSPS) is 12.4. The smallest absolute Gasteiger partial charge is 0.325 e. The summed E-state index contributed by atoms with van der Waals surface area (Å²) < 4.78 is 34.8. The fourth-order valence-electron chi connectivity index (χ4n) is 8.04. The molecule has 73 heavy (non-hydrogen) atoms. The molecule has 0 aliphatic carbocycles. The molecule has 0 atom stereocenters. The van der Waals surface area contributed by atoms with Crippen LogP contribution in [0.2, 0.25) is 0 Å². The first kappa shape index (κ1) is 61.2. The minimum atomic E-state index is -0.913. The number of benzene rings is 3. The summed E-state index contributed by atoms with van der Waals surface area (Å²) in [5.41, 5.74) is 4.17. The zero-order valence-corrected chi connectivity index (χ0v) is 47.7. The topological polar surface area (TPSA) is 194 Å². The minimum absolute atomic E-state index is 0.360. The highest BCUT2D eigenvalue weighted by Crippen LogP contribution is 2.55. The van der Waals surface area contributed by atoms with E-state index in [4.69, 9.17) is 28.4 Å². The zero-order chi connectivity index (χ0) is 55.8. The molecule has 0 aromatic heterocycles. The molecule has 0 saturated carbocycles. The zero-order valence-electron chi connectivity index (χ0n) is 47.7. The van der Waals surface area contributed by atoms with Gasteiger partial charge in [-0.05, 0) is 84.1 Å². The number of esters is 3. The van der Waals surface area contributed by atoms with Crippen LogP contribution in [0, 0.1) is 0 Å². The molecule has 404 valence electrons. The van der Waals surface area contributed by atoms with E-state index in [2.05, 4.69) is 159 Å². The lowest BCUT2D eigenvalue weighted by Crippen LogP contribution is -2.35. The molecule has 0 radical (unpaired) electrons. The maximum Gasteiger partial charge on any atom is 0.325 e. The molecule has 3 rings (SSSR count). The van der Waals surface area contributed by atoms with E-state index in [1.807, 2.05) is 18.2 Å². The first-order chi connectivity index (χ1) is 33.3. The molecule has 0 spiro atoms. The van der Waals surface area contributed by atoms with Gasteiger partial charge in [0.05, 0.1) is 21.3 Å². The number of rotatable bonds is 18. The van der Waals surface area contributed by atoms with Crippen LogP contribution in [0.15, 0.2) is 36.4 Å². The standard InChI is InChI=1S/C58H85N3O12/c1-53(2,3)34-22-37(56(10,11)12)49(40(25-34)71-31-43(62)59-28-46(65)68-19)52(50-38(57(13,14)15)23-35(54(4,5)6)26-41(50)72-32-44(63)60-29-47(66)69-20)51-39(58(16,17)18)24-36(55(7,8)9)27-42(51)73-33-45(64)61-30-48(67)70-21/h22-27,52H,28-33H2,1-21H3,(H,59,62)(H,60,63)(H,61,64). The van der Waals surface area contributed by atoms with Gasteiger partial charge in [0.2, 0.25) is 0 Å². The number of hydrogen-bond acceptors (Lipinski definition) is 12. The van der Waals surface area contributed by atoms with E-state index >= 15 is 0 Å². The van der Waals surface area contributed by atoms with Crippen LogP contribution in [-0.2, 0) is 75.5 Å². The average molecular weight is 1020 g/mol. The molecular formula is C58H85N3O12. The molecule has 0 saturated heterocycles. The monoisotopic (exact) mass is 1020 g/mol. The molecule has 0 bridgehead atoms. The van der Waals surface area contributed by atoms with Crippen molar-refractivity contribution in [3.63, 3.8) is 0 Å². The summed E-state index contributed by atoms with van der Waals surface area (Å²) in [6.07, 6.45) is 0. The SMILES string of the molecule is COC(=O)CNC(=O)COc1cc(C(C)(C)C)cc(C(C)(C)C)c1C(c1c(OCC(=O)NCC(=O)OC)cc(C(C)(C)C)cc1C(C)(C)C)c1c(OCC(=O)NCC(=O)OC)cc(C(C)(C)C)cc1C(C)(C)C. The maximum absolute atomic E-state index is 13.7. The second-order valence-electron chi connectivity index (χ2n) is 24.7. The van der Waals surface area contributed by atoms with E-state index in [1.165, 1.54) is 21.3 Å². The van der Waals surface area contributed by atoms with Gasteiger partial charge in [-0.2, -0.15) is 0 Å². The Kier molecular flexibility index (Phi) is 20.0. The quantitative estimate of drug-likeness (QED) is 0.0625. The summed E-state index contributed by atoms with van der Waals surface area (Å²) in [5, 5.41) is 7.82. The summed E-state index contributed by atoms with van der Waals surface area (Å²) >= 11 is 0. The van der Waals surface area contributed by atoms with E-state index in [0.29, 0.717) is 33.9 Å². The molecule has 3 N–H and O–H groups in total. The highest BCUT2D eigenvalue weighted by Gasteiger charge is 2.41. The summed E-state index contributed by atoms with van der Waals surface area (Å²) in [7, 11) is 3.72. The van der Waals surface area contributed by atoms with E-state index in [1.54, 1.807) is 0 Å². The molecular weight excluding hydrogens is 931 g/mol. The third-order valence-electron chi connectivity index (χ3n) is 12.4. The number of ether oxygens (including phenoxy) is 6. The minimum Gasteiger partial charge on any atom is -0.483 e. The van der Waals surface area contributed by atoms with Crippen molar-refractivity contribution in [1.82, 2.24) is 16.0 Å². The van der Waals surface area contributed by atoms with Gasteiger partial charge in [0, 0.05) is 22.6 Å². The van der Waals surface area contributed by atoms with Gasteiger partial charge in [-0.15, -0.1) is 0 Å². The van der Waals surface area contributed by atoms with E-state index < -0.39 is 93.9 Å². The highest BCUT2D eigenvalue weighted by atomic mass is 16.5. The van der Waals surface area contributed by atoms with Crippen molar-refractivity contribution < 1.29 is 57.2 Å². The van der Waals surface area contributed by atoms with Gasteiger partial charge in [0.25, 0.3) is 17.7 Å². The van der Waals surface area contributed by atoms with Crippen LogP contribution in [0.25, 0.3) is 0 Å². The molecule has 3 aromatic rings. The van der Waals surface area contributed by atoms with Crippen molar-refractivity contribution in [2.45, 2.75) is 163 Å². The lowest BCUT2D eigenvalue weighted by molar-refractivity contribution is -0.141. The Morgan fingerprint density at radius 3 is 0.767 bits per heavy atom. The number of carbonyl (C=O) groups excluding carboxylic acids is 6. The van der Waals surface area contributed by atoms with E-state index in [-0.39, 0.29) is 19.6 Å². The van der Waals surface area contributed by atoms with Crippen molar-refractivity contribution in [2.75, 3.05) is 60.8 Å². The molecule has 3 amide bonds. The Morgan fingerprint density at radius 2 is 0.589 bits per heavy atom. The largest absolute Gasteiger partial charge is 0.483 e. The van der Waals surface area contributed by atoms with Crippen molar-refractivity contribution in [3.05, 3.63) is 86.5 Å². The van der Waals surface area contributed by atoms with Crippen LogP contribution in [-0.4, -0.2) is 96.4 Å². The summed E-state index contributed by atoms with van der Waals surface area (Å²) in [6, 6.07) is 12.4. The molecule has 0 unspecified atom stereocenters. The van der Waals surface area contributed by atoms with Crippen molar-refractivity contribution in [3.8, 4) is 17.2 Å². The van der Waals surface area contributed by atoms with Crippen molar-refractivity contribution in [2.24, 2.45) is 0 Å². The molecule has 15 nitrogen and oxygen atoms in total. The second-order valence-corrected chi connectivity index (χ2v) is 24.7. The predicted octanol–water partition coefficient (Wildman–Crippen LogP) is 8.66. The van der Waals surface area contributed by atoms with Crippen molar-refractivity contribution in [1.29, 1.82) is 0 Å². The molecule has 0 heterocycles. The Balaban J connectivity index is 2.90. The van der Waals surface area contributed by atoms with Crippen LogP contribution >= 0.6 is 0 Å². The predicted molar refractivity (Wildman–Crippen MR) is 284 cm³/mol. The number of carbonyl (C=O) groups is 6. The van der Waals surface area contributed by atoms with Gasteiger partial charge in [-0.25, -0.2) is 0 Å². The highest BCUT2D eigenvalue weighted by molar-refractivity contribution is 5.84. The van der Waals surface area contributed by atoms with Crippen LogP contribution in [0.5, 0.6) is 17.2 Å². The molecule has 0 aliphatic rings. The fraction of sp³-hybridized carbons (Fsp3) is 0.586. The van der Waals surface area contributed by atoms with Gasteiger partial charge < -0.3 is 44.4 Å². The van der Waals surface area contributed by atoms with Crippen LogP contribution in [0.3, 0.4) is 0 Å². The van der Waals surface area contributed by atoms with E-state index in [0.717, 1.165) is 33.4 Å². The van der Waals surface area contributed by atoms with Gasteiger partial charge >= 0.3 is 17.9 Å². The molecule has 0 fully saturated rings. The Morgan fingerprint density at radius 1 is 0.370 bits per heavy atom. The summed E-state index contributed by atoms with van der Waals surface area (Å²) in [6.45, 7) is 35.3. The van der Waals surface area contributed by atoms with Gasteiger partial charge in [0.1, 0.15) is 36.9 Å². The second kappa shape index (κ2) is 23.8. The molecule has 3 aromatic carbocycles. The van der Waals surface area contributed by atoms with Crippen LogP contribution in [0.1, 0.15) is 181 Å². The Hall–Kier alpha value is -6.12. The Bertz CT molecular complexity index is 2230. The average Bonchev–Trinajstić information content (AvgIpc) is 3.27. The van der Waals surface area contributed by atoms with Gasteiger partial charge in [-0.3, -0.25) is 28.8 Å². The van der Waals surface area contributed by atoms with Crippen LogP contribution < -0.4 is 30.2 Å². The number of hydrogen-bond donors (Lipinski definition) is 3. The van der Waals surface area contributed by atoms with Crippen LogP contribution in [0.4, 0.5) is 0 Å². The third-order valence-corrected chi connectivity index (χ3v) is 12.4. The first-order valence-electron chi connectivity index (χ1n) is 24.8. The summed E-state index contributed by atoms with van der Waals surface area (Å²) in [5.74, 6) is -3.41. The Labute approximate surface area is 434 Å². The third kappa shape index (κ3) is 17.0. The number of nitrogens with one attached hydrogen (secondary N) is 3. The number of methoxy groups -OCH3 is 3. The van der Waals surface area contributed by atoms with Gasteiger partial charge in [-0.1, -0.05) is 143 Å². The summed E-state index contributed by atoms with van der Waals surface area (Å²) in [4.78, 5) is 77.6. The lowest BCUT2D eigenvalue weighted by atomic mass is 9.66. The number of amides is 3. The van der Waals surface area contributed by atoms with E-state index in [9.17, 15) is 28.8 Å². The van der Waals surface area contributed by atoms with Crippen molar-refractivity contribution >= 4 is 35.6 Å². The lowest BCUT2D eigenvalue weighted by Gasteiger charge is -2.39. The molecule has 0 aliphatic heterocycles.